The topological polar surface area (TPSA) is 99.3 Å². The number of carbonyl (C=O) groups is 2. The van der Waals surface area contributed by atoms with E-state index in [1.807, 2.05) is 6.92 Å². The number of carbonyl (C=O) groups excluding carboxylic acids is 2. The highest BCUT2D eigenvalue weighted by Crippen LogP contribution is 2.26. The van der Waals surface area contributed by atoms with Gasteiger partial charge in [0.05, 0.1) is 21.0 Å². The normalized spacial score (nSPS) is 12.2. The molecule has 7 nitrogen and oxygen atoms in total. The first-order valence-corrected chi connectivity index (χ1v) is 14.6. The Bertz CT molecular complexity index is 1050. The van der Waals surface area contributed by atoms with Gasteiger partial charge in [-0.2, -0.15) is 0 Å². The van der Waals surface area contributed by atoms with Gasteiger partial charge in [0.2, 0.25) is 12.8 Å². The smallest absolute Gasteiger partial charge is 0.211 e. The molecule has 2 unspecified atom stereocenters. The molecule has 2 rings (SSSR count). The standard InChI is InChI=1S/C17H16Cl2F2N2O.C5H12N2O2S.C5H12/c1-10(12-3-2-4-13(18)17(12)21)7-22-8-11-5-15(20)14(19)6-16(11)23-9-24;1-10(9)7-4-2-3-6-5-8;1-5(2,3)4/h2-6,9-10,22H,7-8H2,1H3,(H,23,24);5,7H,2-4H2,1H3,(H,6,8);1-4H3. The average Bonchev–Trinajstić information content (AvgIpc) is 2.83. The lowest BCUT2D eigenvalue weighted by Gasteiger charge is -2.16. The number of hydrogen-bond acceptors (Lipinski definition) is 4. The predicted octanol–water partition coefficient (Wildman–Crippen LogP) is 5.79. The van der Waals surface area contributed by atoms with Crippen LogP contribution in [0.5, 0.6) is 0 Å². The fraction of sp³-hybridized carbons (Fsp3) is 0.481. The van der Waals surface area contributed by atoms with Crippen molar-refractivity contribution >= 4 is 52.7 Å². The van der Waals surface area contributed by atoms with Gasteiger partial charge < -0.3 is 16.0 Å². The molecular weight excluding hydrogens is 569 g/mol. The van der Waals surface area contributed by atoms with Crippen molar-refractivity contribution in [2.45, 2.75) is 53.5 Å². The third-order valence-corrected chi connectivity index (χ3v) is 5.72. The molecule has 12 heteroatoms. The molecule has 0 aliphatic carbocycles. The first kappa shape index (κ1) is 36.9. The Morgan fingerprint density at radius 2 is 1.67 bits per heavy atom. The van der Waals surface area contributed by atoms with E-state index >= 15 is 0 Å². The average molecular weight is 610 g/mol. The molecular formula is C27H40Cl2F2N4O3S. The lowest BCUT2D eigenvalue weighted by atomic mass is 10.0. The van der Waals surface area contributed by atoms with Gasteiger partial charge >= 0.3 is 0 Å². The van der Waals surface area contributed by atoms with Gasteiger partial charge in [-0.25, -0.2) is 17.7 Å². The summed E-state index contributed by atoms with van der Waals surface area (Å²) in [5.74, 6) is -1.14. The molecule has 0 saturated carbocycles. The van der Waals surface area contributed by atoms with Gasteiger partial charge in [-0.3, -0.25) is 9.59 Å². The second kappa shape index (κ2) is 19.9. The van der Waals surface area contributed by atoms with Gasteiger partial charge in [0.1, 0.15) is 11.6 Å². The van der Waals surface area contributed by atoms with Crippen LogP contribution in [-0.4, -0.2) is 42.9 Å². The van der Waals surface area contributed by atoms with Crippen molar-refractivity contribution in [2.24, 2.45) is 5.41 Å². The van der Waals surface area contributed by atoms with E-state index < -0.39 is 22.6 Å². The summed E-state index contributed by atoms with van der Waals surface area (Å²) in [6.45, 7) is 12.6. The van der Waals surface area contributed by atoms with Crippen LogP contribution in [0.3, 0.4) is 0 Å². The van der Waals surface area contributed by atoms with Crippen LogP contribution in [0.2, 0.25) is 10.0 Å². The van der Waals surface area contributed by atoms with E-state index in [2.05, 4.69) is 48.4 Å². The number of halogens is 4. The Hall–Kier alpha value is -2.11. The molecule has 0 fully saturated rings. The summed E-state index contributed by atoms with van der Waals surface area (Å²) in [5, 5.41) is 8.11. The summed E-state index contributed by atoms with van der Waals surface area (Å²) in [6, 6.07) is 7.47. The molecule has 2 atom stereocenters. The first-order chi connectivity index (χ1) is 18.2. The number of rotatable bonds is 13. The van der Waals surface area contributed by atoms with E-state index in [9.17, 15) is 22.6 Å². The Morgan fingerprint density at radius 3 is 2.23 bits per heavy atom. The third-order valence-electron chi connectivity index (χ3n) is 4.53. The van der Waals surface area contributed by atoms with Crippen molar-refractivity contribution in [3.8, 4) is 0 Å². The van der Waals surface area contributed by atoms with Gasteiger partial charge in [-0.05, 0) is 47.1 Å². The van der Waals surface area contributed by atoms with E-state index in [0.717, 1.165) is 6.42 Å². The van der Waals surface area contributed by atoms with Gasteiger partial charge in [0.15, 0.2) is 0 Å². The van der Waals surface area contributed by atoms with E-state index in [1.54, 1.807) is 18.4 Å². The molecule has 0 saturated heterocycles. The molecule has 0 aliphatic heterocycles. The maximum absolute atomic E-state index is 14.0. The third kappa shape index (κ3) is 18.0. The van der Waals surface area contributed by atoms with Crippen molar-refractivity contribution < 1.29 is 22.6 Å². The first-order valence-electron chi connectivity index (χ1n) is 12.3. The maximum atomic E-state index is 14.0. The van der Waals surface area contributed by atoms with Crippen LogP contribution in [0, 0.1) is 17.0 Å². The van der Waals surface area contributed by atoms with E-state index in [-0.39, 0.29) is 22.5 Å². The van der Waals surface area contributed by atoms with Gasteiger partial charge in [0, 0.05) is 38.1 Å². The lowest BCUT2D eigenvalue weighted by molar-refractivity contribution is -0.109. The summed E-state index contributed by atoms with van der Waals surface area (Å²) in [7, 11) is -0.937. The molecule has 0 heterocycles. The quantitative estimate of drug-likeness (QED) is 0.171. The molecule has 0 aromatic heterocycles. The Kier molecular flexibility index (Phi) is 18.8. The lowest BCUT2D eigenvalue weighted by Crippen LogP contribution is -2.21. The van der Waals surface area contributed by atoms with Crippen molar-refractivity contribution in [2.75, 3.05) is 31.2 Å². The molecule has 0 aliphatic rings. The number of hydrogen-bond donors (Lipinski definition) is 4. The molecule has 0 bridgehead atoms. The summed E-state index contributed by atoms with van der Waals surface area (Å²) in [5.41, 5.74) is 1.97. The molecule has 2 amide bonds. The van der Waals surface area contributed by atoms with Crippen LogP contribution in [0.4, 0.5) is 14.5 Å². The van der Waals surface area contributed by atoms with Crippen LogP contribution in [0.1, 0.15) is 58.1 Å². The predicted molar refractivity (Wildman–Crippen MR) is 159 cm³/mol. The highest BCUT2D eigenvalue weighted by Gasteiger charge is 2.14. The molecule has 39 heavy (non-hydrogen) atoms. The largest absolute Gasteiger partial charge is 0.359 e. The number of benzene rings is 2. The monoisotopic (exact) mass is 608 g/mol. The zero-order valence-electron chi connectivity index (χ0n) is 23.3. The second-order valence-electron chi connectivity index (χ2n) is 10.1. The van der Waals surface area contributed by atoms with Crippen LogP contribution in [-0.2, 0) is 27.1 Å². The van der Waals surface area contributed by atoms with Gasteiger partial charge in [0.25, 0.3) is 0 Å². The Labute approximate surface area is 243 Å². The number of amides is 2. The van der Waals surface area contributed by atoms with Crippen LogP contribution >= 0.6 is 23.2 Å². The molecule has 2 aromatic carbocycles. The van der Waals surface area contributed by atoms with E-state index in [1.165, 1.54) is 18.2 Å². The number of nitrogens with one attached hydrogen (secondary N) is 4. The van der Waals surface area contributed by atoms with E-state index in [4.69, 9.17) is 23.2 Å². The Morgan fingerprint density at radius 1 is 1.03 bits per heavy atom. The number of anilines is 1. The molecule has 220 valence electrons. The summed E-state index contributed by atoms with van der Waals surface area (Å²) < 4.78 is 40.7. The molecule has 0 spiro atoms. The highest BCUT2D eigenvalue weighted by atomic mass is 35.5. The minimum atomic E-state index is -0.937. The molecule has 0 radical (unpaired) electrons. The van der Waals surface area contributed by atoms with Crippen molar-refractivity contribution in [3.05, 3.63) is 63.1 Å². The van der Waals surface area contributed by atoms with Crippen LogP contribution in [0.25, 0.3) is 0 Å². The fourth-order valence-corrected chi connectivity index (χ4v) is 3.61. The summed E-state index contributed by atoms with van der Waals surface area (Å²) in [4.78, 5) is 20.3. The zero-order valence-corrected chi connectivity index (χ0v) is 25.6. The highest BCUT2D eigenvalue weighted by molar-refractivity contribution is 7.82. The summed E-state index contributed by atoms with van der Waals surface area (Å²) in [6.07, 6.45) is 3.53. The minimum absolute atomic E-state index is 0.0718. The van der Waals surface area contributed by atoms with Crippen molar-refractivity contribution in [1.82, 2.24) is 15.4 Å². The zero-order chi connectivity index (χ0) is 30.0. The van der Waals surface area contributed by atoms with Gasteiger partial charge in [-0.1, -0.05) is 70.0 Å². The SMILES string of the molecule is CC(C)(C)C.CC(CNCc1cc(F)c(Cl)cc1NC=O)c1cccc(Cl)c1F.CS(=O)NCCCNC=O. The molecule has 2 aromatic rings. The van der Waals surface area contributed by atoms with Gasteiger partial charge in [-0.15, -0.1) is 0 Å². The molecule has 4 N–H and O–H groups in total. The summed E-state index contributed by atoms with van der Waals surface area (Å²) >= 11 is 11.5. The van der Waals surface area contributed by atoms with E-state index in [0.29, 0.717) is 54.7 Å². The van der Waals surface area contributed by atoms with Crippen LogP contribution in [0.15, 0.2) is 30.3 Å². The fourth-order valence-electron chi connectivity index (χ4n) is 2.83. The van der Waals surface area contributed by atoms with Crippen molar-refractivity contribution in [3.63, 3.8) is 0 Å². The maximum Gasteiger partial charge on any atom is 0.211 e. The second-order valence-corrected chi connectivity index (χ2v) is 12.1. The minimum Gasteiger partial charge on any atom is -0.359 e. The Balaban J connectivity index is 0.000000796. The van der Waals surface area contributed by atoms with Crippen LogP contribution < -0.4 is 20.7 Å². The van der Waals surface area contributed by atoms with Crippen molar-refractivity contribution in [1.29, 1.82) is 0 Å².